The summed E-state index contributed by atoms with van der Waals surface area (Å²) in [5, 5.41) is 11.2. The summed E-state index contributed by atoms with van der Waals surface area (Å²) in [6, 6.07) is 2.82. The van der Waals surface area contributed by atoms with Crippen LogP contribution in [0.3, 0.4) is 0 Å². The molecule has 0 fully saturated rings. The third-order valence-electron chi connectivity index (χ3n) is 3.22. The molecule has 22 heavy (non-hydrogen) atoms. The van der Waals surface area contributed by atoms with Gasteiger partial charge >= 0.3 is 6.16 Å². The molecule has 1 aromatic rings. The molecule has 0 amide bonds. The Labute approximate surface area is 130 Å². The summed E-state index contributed by atoms with van der Waals surface area (Å²) >= 11 is 0. The van der Waals surface area contributed by atoms with Crippen molar-refractivity contribution >= 4 is 11.8 Å². The monoisotopic (exact) mass is 309 g/mol. The lowest BCUT2D eigenvalue weighted by molar-refractivity contribution is -0.385. The molecular weight excluding hydrogens is 286 g/mol. The first-order valence-electron chi connectivity index (χ1n) is 6.97. The van der Waals surface area contributed by atoms with E-state index in [1.165, 1.54) is 13.2 Å². The fourth-order valence-corrected chi connectivity index (χ4v) is 2.28. The molecule has 0 atom stereocenters. The number of carbonyl (C=O) groups excluding carboxylic acids is 1. The topological polar surface area (TPSA) is 78.7 Å². The minimum atomic E-state index is -0.897. The van der Waals surface area contributed by atoms with Crippen LogP contribution in [0.4, 0.5) is 10.5 Å². The second-order valence-corrected chi connectivity index (χ2v) is 7.18. The largest absolute Gasteiger partial charge is 0.513 e. The van der Waals surface area contributed by atoms with Crippen molar-refractivity contribution in [1.29, 1.82) is 0 Å². The Bertz CT molecular complexity index is 594. The molecule has 1 aromatic carbocycles. The van der Waals surface area contributed by atoms with Crippen LogP contribution in [0.5, 0.6) is 5.75 Å². The zero-order valence-electron chi connectivity index (χ0n) is 14.1. The highest BCUT2D eigenvalue weighted by Gasteiger charge is 2.32. The van der Waals surface area contributed by atoms with Crippen molar-refractivity contribution in [3.8, 4) is 5.75 Å². The molecule has 0 saturated heterocycles. The van der Waals surface area contributed by atoms with Crippen LogP contribution in [-0.2, 0) is 15.6 Å². The maximum absolute atomic E-state index is 11.5. The number of ether oxygens (including phenoxy) is 2. The average Bonchev–Trinajstić information content (AvgIpc) is 2.35. The first kappa shape index (κ1) is 17.9. The van der Waals surface area contributed by atoms with Gasteiger partial charge in [-0.15, -0.1) is 0 Å². The van der Waals surface area contributed by atoms with Crippen molar-refractivity contribution in [3.63, 3.8) is 0 Å². The first-order chi connectivity index (χ1) is 9.87. The molecule has 6 nitrogen and oxygen atoms in total. The van der Waals surface area contributed by atoms with Crippen LogP contribution in [-0.4, -0.2) is 18.2 Å². The van der Waals surface area contributed by atoms with E-state index in [1.54, 1.807) is 6.07 Å². The maximum atomic E-state index is 11.5. The van der Waals surface area contributed by atoms with Crippen molar-refractivity contribution < 1.29 is 19.2 Å². The lowest BCUT2D eigenvalue weighted by Gasteiger charge is -2.31. The van der Waals surface area contributed by atoms with Gasteiger partial charge in [0.1, 0.15) is 5.75 Å². The molecule has 0 aliphatic heterocycles. The molecule has 1 rings (SSSR count). The standard InChI is InChI=1S/C16H23NO5/c1-15(2,3)11-8-10(17(19)20)9-12(22-14(18)21-7)13(11)16(4,5)6/h8-9H,1-7H3. The van der Waals surface area contributed by atoms with Gasteiger partial charge in [0, 0.05) is 11.6 Å². The maximum Gasteiger partial charge on any atom is 0.513 e. The Morgan fingerprint density at radius 2 is 1.64 bits per heavy atom. The molecule has 0 spiro atoms. The van der Waals surface area contributed by atoms with Crippen LogP contribution in [0.25, 0.3) is 0 Å². The SMILES string of the molecule is COC(=O)Oc1cc([N+](=O)[O-])cc(C(C)(C)C)c1C(C)(C)C. The third-order valence-corrected chi connectivity index (χ3v) is 3.22. The van der Waals surface area contributed by atoms with Gasteiger partial charge in [0.25, 0.3) is 5.69 Å². The van der Waals surface area contributed by atoms with Gasteiger partial charge in [-0.3, -0.25) is 10.1 Å². The predicted molar refractivity (Wildman–Crippen MR) is 83.5 cm³/mol. The molecule has 122 valence electrons. The van der Waals surface area contributed by atoms with E-state index in [0.717, 1.165) is 11.1 Å². The molecule has 0 N–H and O–H groups in total. The Hall–Kier alpha value is -2.11. The second kappa shape index (κ2) is 5.94. The third kappa shape index (κ3) is 3.96. The van der Waals surface area contributed by atoms with E-state index in [0.29, 0.717) is 0 Å². The molecular formula is C16H23NO5. The number of nitrogens with zero attached hydrogens (tertiary/aromatic N) is 1. The van der Waals surface area contributed by atoms with Crippen molar-refractivity contribution in [2.45, 2.75) is 52.4 Å². The molecule has 0 saturated carbocycles. The van der Waals surface area contributed by atoms with Crippen LogP contribution in [0.1, 0.15) is 52.7 Å². The summed E-state index contributed by atoms with van der Waals surface area (Å²) in [6.45, 7) is 11.8. The lowest BCUT2D eigenvalue weighted by atomic mass is 9.74. The van der Waals surface area contributed by atoms with E-state index >= 15 is 0 Å². The van der Waals surface area contributed by atoms with E-state index in [-0.39, 0.29) is 22.3 Å². The van der Waals surface area contributed by atoms with Crippen LogP contribution >= 0.6 is 0 Å². The minimum absolute atomic E-state index is 0.114. The van der Waals surface area contributed by atoms with E-state index < -0.39 is 11.1 Å². The van der Waals surface area contributed by atoms with Gasteiger partial charge < -0.3 is 9.47 Å². The zero-order chi connectivity index (χ0) is 17.3. The fraction of sp³-hybridized carbons (Fsp3) is 0.562. The Balaban J connectivity index is 3.73. The fourth-order valence-electron chi connectivity index (χ4n) is 2.28. The van der Waals surface area contributed by atoms with Gasteiger partial charge in [-0.2, -0.15) is 0 Å². The number of hydrogen-bond donors (Lipinski definition) is 0. The molecule has 0 radical (unpaired) electrons. The van der Waals surface area contributed by atoms with Crippen molar-refractivity contribution in [1.82, 2.24) is 0 Å². The van der Waals surface area contributed by atoms with E-state index in [2.05, 4.69) is 4.74 Å². The predicted octanol–water partition coefficient (Wildman–Crippen LogP) is 4.34. The van der Waals surface area contributed by atoms with Crippen LogP contribution in [0.15, 0.2) is 12.1 Å². The molecule has 0 aliphatic carbocycles. The average molecular weight is 309 g/mol. The first-order valence-corrected chi connectivity index (χ1v) is 6.97. The zero-order valence-corrected chi connectivity index (χ0v) is 14.1. The van der Waals surface area contributed by atoms with Gasteiger partial charge in [-0.05, 0) is 16.4 Å². The lowest BCUT2D eigenvalue weighted by Crippen LogP contribution is -2.24. The smallest absolute Gasteiger partial charge is 0.437 e. The Kier molecular flexibility index (Phi) is 4.85. The highest BCUT2D eigenvalue weighted by Crippen LogP contribution is 2.42. The van der Waals surface area contributed by atoms with E-state index in [9.17, 15) is 14.9 Å². The number of nitro groups is 1. The quantitative estimate of drug-likeness (QED) is 0.351. The van der Waals surface area contributed by atoms with Gasteiger partial charge in [0.2, 0.25) is 0 Å². The summed E-state index contributed by atoms with van der Waals surface area (Å²) < 4.78 is 9.70. The molecule has 0 heterocycles. The second-order valence-electron chi connectivity index (χ2n) is 7.18. The van der Waals surface area contributed by atoms with Crippen molar-refractivity contribution in [2.75, 3.05) is 7.11 Å². The summed E-state index contributed by atoms with van der Waals surface area (Å²) in [7, 11) is 1.20. The van der Waals surface area contributed by atoms with Crippen molar-refractivity contribution in [3.05, 3.63) is 33.4 Å². The minimum Gasteiger partial charge on any atom is -0.437 e. The van der Waals surface area contributed by atoms with Gasteiger partial charge in [-0.25, -0.2) is 4.79 Å². The van der Waals surface area contributed by atoms with Crippen LogP contribution in [0, 0.1) is 10.1 Å². The number of rotatable bonds is 2. The molecule has 0 aliphatic rings. The molecule has 0 bridgehead atoms. The van der Waals surface area contributed by atoms with Gasteiger partial charge in [0.05, 0.1) is 18.1 Å². The van der Waals surface area contributed by atoms with Crippen molar-refractivity contribution in [2.24, 2.45) is 0 Å². The Morgan fingerprint density at radius 3 is 2.00 bits per heavy atom. The summed E-state index contributed by atoms with van der Waals surface area (Å²) in [4.78, 5) is 22.2. The highest BCUT2D eigenvalue weighted by atomic mass is 16.7. The van der Waals surface area contributed by atoms with Gasteiger partial charge in [0.15, 0.2) is 0 Å². The molecule has 6 heteroatoms. The normalized spacial score (nSPS) is 12.0. The number of carbonyl (C=O) groups is 1. The highest BCUT2D eigenvalue weighted by molar-refractivity contribution is 5.67. The number of hydrogen-bond acceptors (Lipinski definition) is 5. The Morgan fingerprint density at radius 1 is 1.09 bits per heavy atom. The van der Waals surface area contributed by atoms with E-state index in [4.69, 9.17) is 4.74 Å². The van der Waals surface area contributed by atoms with Crippen LogP contribution < -0.4 is 4.74 Å². The van der Waals surface area contributed by atoms with E-state index in [1.807, 2.05) is 41.5 Å². The van der Waals surface area contributed by atoms with Gasteiger partial charge in [-0.1, -0.05) is 41.5 Å². The number of methoxy groups -OCH3 is 1. The number of nitro benzene ring substituents is 1. The number of benzene rings is 1. The summed E-state index contributed by atoms with van der Waals surface area (Å²) in [5.74, 6) is 0.165. The number of non-ortho nitro benzene ring substituents is 1. The molecule has 0 aromatic heterocycles. The summed E-state index contributed by atoms with van der Waals surface area (Å²) in [5.41, 5.74) is 0.713. The molecule has 0 unspecified atom stereocenters. The van der Waals surface area contributed by atoms with Crippen LogP contribution in [0.2, 0.25) is 0 Å². The summed E-state index contributed by atoms with van der Waals surface area (Å²) in [6.07, 6.45) is -0.897.